The molecule has 20 heavy (non-hydrogen) atoms. The topological polar surface area (TPSA) is 68.8 Å². The van der Waals surface area contributed by atoms with Crippen molar-refractivity contribution in [3.8, 4) is 0 Å². The van der Waals surface area contributed by atoms with Crippen LogP contribution in [0.25, 0.3) is 0 Å². The lowest BCUT2D eigenvalue weighted by molar-refractivity contribution is 0.323. The average Bonchev–Trinajstić information content (AvgIpc) is 3.03. The van der Waals surface area contributed by atoms with Crippen molar-refractivity contribution < 1.29 is 4.52 Å². The van der Waals surface area contributed by atoms with Gasteiger partial charge in [0.2, 0.25) is 5.89 Å². The maximum Gasteiger partial charge on any atom is 0.240 e. The third-order valence-corrected chi connectivity index (χ3v) is 3.45. The Morgan fingerprint density at radius 1 is 1.30 bits per heavy atom. The molecule has 6 nitrogen and oxygen atoms in total. The molecule has 1 N–H and O–H groups in total. The smallest absolute Gasteiger partial charge is 0.240 e. The zero-order valence-corrected chi connectivity index (χ0v) is 12.8. The minimum absolute atomic E-state index is 0.253. The highest BCUT2D eigenvalue weighted by Crippen LogP contribution is 2.12. The van der Waals surface area contributed by atoms with Gasteiger partial charge in [-0.1, -0.05) is 19.0 Å². The summed E-state index contributed by atoms with van der Waals surface area (Å²) in [7, 11) is 0. The molecule has 2 aromatic heterocycles. The molecule has 0 aromatic carbocycles. The van der Waals surface area contributed by atoms with E-state index >= 15 is 0 Å². The van der Waals surface area contributed by atoms with Gasteiger partial charge in [-0.3, -0.25) is 4.68 Å². The van der Waals surface area contributed by atoms with Crippen LogP contribution in [0.3, 0.4) is 0 Å². The van der Waals surface area contributed by atoms with E-state index in [-0.39, 0.29) is 18.0 Å². The first-order valence-corrected chi connectivity index (χ1v) is 7.04. The van der Waals surface area contributed by atoms with Crippen LogP contribution in [0.1, 0.15) is 56.9 Å². The molecule has 0 spiro atoms. The number of aryl methyl sites for hydroxylation is 1. The van der Waals surface area contributed by atoms with Gasteiger partial charge in [-0.15, -0.1) is 0 Å². The molecule has 110 valence electrons. The van der Waals surface area contributed by atoms with Crippen LogP contribution in [-0.4, -0.2) is 26.0 Å². The number of hydrogen-bond acceptors (Lipinski definition) is 5. The second-order valence-electron chi connectivity index (χ2n) is 5.61. The van der Waals surface area contributed by atoms with E-state index in [9.17, 15) is 0 Å². The largest absolute Gasteiger partial charge is 0.338 e. The molecule has 0 aliphatic carbocycles. The maximum atomic E-state index is 5.22. The molecule has 0 unspecified atom stereocenters. The second kappa shape index (κ2) is 6.17. The van der Waals surface area contributed by atoms with Gasteiger partial charge in [0.1, 0.15) is 0 Å². The van der Waals surface area contributed by atoms with Crippen molar-refractivity contribution in [3.63, 3.8) is 0 Å². The Balaban J connectivity index is 1.89. The molecule has 0 bridgehead atoms. The van der Waals surface area contributed by atoms with E-state index in [2.05, 4.69) is 34.4 Å². The summed E-state index contributed by atoms with van der Waals surface area (Å²) in [6.45, 7) is 11.0. The first-order chi connectivity index (χ1) is 9.47. The standard InChI is InChI=1S/C14H23N5O/c1-9(2)14-17-13(20-18-14)7-15-11(4)12(5)19-8-10(3)6-16-19/h6,8-9,11-12,15H,7H2,1-5H3/t11-,12-/m0/s1. The molecular weight excluding hydrogens is 254 g/mol. The van der Waals surface area contributed by atoms with Gasteiger partial charge in [-0.2, -0.15) is 10.1 Å². The molecule has 6 heteroatoms. The Kier molecular flexibility index (Phi) is 4.54. The molecule has 0 aliphatic rings. The normalized spacial score (nSPS) is 14.7. The van der Waals surface area contributed by atoms with Gasteiger partial charge >= 0.3 is 0 Å². The minimum atomic E-state index is 0.253. The number of nitrogens with one attached hydrogen (secondary N) is 1. The van der Waals surface area contributed by atoms with Crippen molar-refractivity contribution >= 4 is 0 Å². The predicted molar refractivity (Wildman–Crippen MR) is 76.4 cm³/mol. The molecule has 0 aliphatic heterocycles. The molecule has 2 aromatic rings. The van der Waals surface area contributed by atoms with E-state index in [1.54, 1.807) is 0 Å². The summed E-state index contributed by atoms with van der Waals surface area (Å²) in [5.74, 6) is 1.67. The van der Waals surface area contributed by atoms with Gasteiger partial charge in [0.25, 0.3) is 0 Å². The minimum Gasteiger partial charge on any atom is -0.338 e. The van der Waals surface area contributed by atoms with Crippen LogP contribution < -0.4 is 5.32 Å². The summed E-state index contributed by atoms with van der Waals surface area (Å²) >= 11 is 0. The zero-order valence-electron chi connectivity index (χ0n) is 12.8. The maximum absolute atomic E-state index is 5.22. The van der Waals surface area contributed by atoms with Gasteiger partial charge in [0.05, 0.1) is 18.8 Å². The van der Waals surface area contributed by atoms with E-state index in [1.807, 2.05) is 37.8 Å². The summed E-state index contributed by atoms with van der Waals surface area (Å²) in [5.41, 5.74) is 1.17. The van der Waals surface area contributed by atoms with Gasteiger partial charge in [-0.05, 0) is 26.3 Å². The van der Waals surface area contributed by atoms with Crippen LogP contribution in [-0.2, 0) is 6.54 Å². The molecule has 2 heterocycles. The van der Waals surface area contributed by atoms with Gasteiger partial charge in [-0.25, -0.2) is 0 Å². The Morgan fingerprint density at radius 3 is 2.60 bits per heavy atom. The Labute approximate surface area is 119 Å². The Morgan fingerprint density at radius 2 is 2.05 bits per heavy atom. The molecule has 0 fully saturated rings. The number of aromatic nitrogens is 4. The summed E-state index contributed by atoms with van der Waals surface area (Å²) in [6.07, 6.45) is 3.92. The Bertz CT molecular complexity index is 545. The van der Waals surface area contributed by atoms with Crippen molar-refractivity contribution in [1.82, 2.24) is 25.2 Å². The van der Waals surface area contributed by atoms with Crippen LogP contribution in [0.4, 0.5) is 0 Å². The predicted octanol–water partition coefficient (Wildman–Crippen LogP) is 2.44. The highest BCUT2D eigenvalue weighted by atomic mass is 16.5. The van der Waals surface area contributed by atoms with Gasteiger partial charge in [0, 0.05) is 18.2 Å². The number of hydrogen-bond donors (Lipinski definition) is 1. The van der Waals surface area contributed by atoms with E-state index in [0.717, 1.165) is 5.82 Å². The lowest BCUT2D eigenvalue weighted by atomic mass is 10.2. The lowest BCUT2D eigenvalue weighted by Gasteiger charge is -2.20. The number of nitrogens with zero attached hydrogens (tertiary/aromatic N) is 4. The quantitative estimate of drug-likeness (QED) is 0.878. The first-order valence-electron chi connectivity index (χ1n) is 7.04. The third-order valence-electron chi connectivity index (χ3n) is 3.45. The summed E-state index contributed by atoms with van der Waals surface area (Å²) < 4.78 is 7.19. The van der Waals surface area contributed by atoms with Crippen LogP contribution in [0, 0.1) is 6.92 Å². The van der Waals surface area contributed by atoms with Gasteiger partial charge in [0.15, 0.2) is 5.82 Å². The molecule has 0 amide bonds. The Hall–Kier alpha value is -1.69. The molecule has 2 atom stereocenters. The van der Waals surface area contributed by atoms with Crippen LogP contribution in [0.15, 0.2) is 16.9 Å². The molecule has 2 rings (SSSR count). The second-order valence-corrected chi connectivity index (χ2v) is 5.61. The van der Waals surface area contributed by atoms with Crippen molar-refractivity contribution in [1.29, 1.82) is 0 Å². The molecule has 0 radical (unpaired) electrons. The first kappa shape index (κ1) is 14.7. The van der Waals surface area contributed by atoms with E-state index < -0.39 is 0 Å². The third kappa shape index (κ3) is 3.45. The highest BCUT2D eigenvalue weighted by molar-refractivity contribution is 5.01. The van der Waals surface area contributed by atoms with Crippen molar-refractivity contribution in [2.45, 2.75) is 59.2 Å². The fourth-order valence-corrected chi connectivity index (χ4v) is 1.88. The van der Waals surface area contributed by atoms with E-state index in [1.165, 1.54) is 5.56 Å². The molecule has 0 saturated carbocycles. The van der Waals surface area contributed by atoms with Crippen LogP contribution in [0.5, 0.6) is 0 Å². The van der Waals surface area contributed by atoms with Gasteiger partial charge < -0.3 is 9.84 Å². The fourth-order valence-electron chi connectivity index (χ4n) is 1.88. The molecular formula is C14H23N5O. The average molecular weight is 277 g/mol. The van der Waals surface area contributed by atoms with E-state index in [4.69, 9.17) is 4.52 Å². The summed E-state index contributed by atoms with van der Waals surface area (Å²) in [6, 6.07) is 0.514. The zero-order chi connectivity index (χ0) is 14.7. The van der Waals surface area contributed by atoms with Crippen LogP contribution >= 0.6 is 0 Å². The SMILES string of the molecule is Cc1cnn([C@@H](C)[C@H](C)NCc2nc(C(C)C)no2)c1. The van der Waals surface area contributed by atoms with Crippen molar-refractivity contribution in [3.05, 3.63) is 29.7 Å². The van der Waals surface area contributed by atoms with Crippen LogP contribution in [0.2, 0.25) is 0 Å². The van der Waals surface area contributed by atoms with Crippen molar-refractivity contribution in [2.75, 3.05) is 0 Å². The van der Waals surface area contributed by atoms with Crippen molar-refractivity contribution in [2.24, 2.45) is 0 Å². The van der Waals surface area contributed by atoms with E-state index in [0.29, 0.717) is 12.4 Å². The summed E-state index contributed by atoms with van der Waals surface area (Å²) in [4.78, 5) is 4.36. The molecule has 0 saturated heterocycles. The fraction of sp³-hybridized carbons (Fsp3) is 0.643. The lowest BCUT2D eigenvalue weighted by Crippen LogP contribution is -2.33. The number of rotatable bonds is 6. The monoisotopic (exact) mass is 277 g/mol. The summed E-state index contributed by atoms with van der Waals surface area (Å²) in [5, 5.41) is 11.7. The highest BCUT2D eigenvalue weighted by Gasteiger charge is 2.16.